The second kappa shape index (κ2) is 5.53. The van der Waals surface area contributed by atoms with Crippen LogP contribution in [0.1, 0.15) is 43.6 Å². The third-order valence-electron chi connectivity index (χ3n) is 3.84. The largest absolute Gasteiger partial charge is 0.293 e. The van der Waals surface area contributed by atoms with Crippen molar-refractivity contribution in [2.45, 2.75) is 12.8 Å². The highest BCUT2D eigenvalue weighted by Crippen LogP contribution is 2.33. The van der Waals surface area contributed by atoms with Crippen LogP contribution in [0.5, 0.6) is 0 Å². The summed E-state index contributed by atoms with van der Waals surface area (Å²) in [4.78, 5) is 29.4. The normalized spacial score (nSPS) is 14.6. The number of ketones is 2. The quantitative estimate of drug-likeness (QED) is 0.638. The molecule has 0 radical (unpaired) electrons. The minimum Gasteiger partial charge on any atom is -0.293 e. The van der Waals surface area contributed by atoms with Gasteiger partial charge >= 0.3 is 0 Å². The molecule has 1 heterocycles. The number of Topliss-reactive ketones (excluding diaryl/α,β-unsaturated/α-hetero) is 2. The third-order valence-corrected chi connectivity index (χ3v) is 3.84. The Morgan fingerprint density at radius 3 is 2.23 bits per heavy atom. The van der Waals surface area contributed by atoms with E-state index in [0.717, 1.165) is 11.3 Å². The van der Waals surface area contributed by atoms with Crippen molar-refractivity contribution >= 4 is 17.6 Å². The van der Waals surface area contributed by atoms with Gasteiger partial charge in [0.15, 0.2) is 11.6 Å². The molecule has 0 bridgehead atoms. The summed E-state index contributed by atoms with van der Waals surface area (Å²) in [6, 6.07) is 10.6. The maximum Gasteiger partial charge on any atom is 0.180 e. The van der Waals surface area contributed by atoms with Gasteiger partial charge in [0.2, 0.25) is 0 Å². The van der Waals surface area contributed by atoms with E-state index >= 15 is 0 Å². The molecule has 0 saturated heterocycles. The van der Waals surface area contributed by atoms with Gasteiger partial charge in [-0.2, -0.15) is 0 Å². The molecule has 2 aromatic rings. The number of aromatic nitrogens is 1. The number of carbonyl (C=O) groups is 2. The van der Waals surface area contributed by atoms with E-state index in [1.165, 1.54) is 0 Å². The maximum absolute atomic E-state index is 12.5. The minimum absolute atomic E-state index is 0.165. The second-order valence-electron chi connectivity index (χ2n) is 5.21. The second-order valence-corrected chi connectivity index (χ2v) is 5.21. The SMILES string of the molecule is C=C/C=C\c1ccc(C2C(=O)c3ccccc3C2=O)nc1C. The highest BCUT2D eigenvalue weighted by molar-refractivity contribution is 6.29. The van der Waals surface area contributed by atoms with Gasteiger partial charge in [-0.25, -0.2) is 0 Å². The van der Waals surface area contributed by atoms with E-state index in [0.29, 0.717) is 16.8 Å². The van der Waals surface area contributed by atoms with Crippen LogP contribution in [0.3, 0.4) is 0 Å². The Bertz CT molecular complexity index is 783. The van der Waals surface area contributed by atoms with Crippen molar-refractivity contribution in [1.29, 1.82) is 0 Å². The summed E-state index contributed by atoms with van der Waals surface area (Å²) in [6.45, 7) is 5.50. The van der Waals surface area contributed by atoms with Crippen LogP contribution in [0.15, 0.2) is 55.1 Å². The first-order valence-corrected chi connectivity index (χ1v) is 7.07. The minimum atomic E-state index is -0.812. The smallest absolute Gasteiger partial charge is 0.180 e. The van der Waals surface area contributed by atoms with E-state index in [1.54, 1.807) is 36.4 Å². The van der Waals surface area contributed by atoms with Crippen molar-refractivity contribution in [1.82, 2.24) is 4.98 Å². The Kier molecular flexibility index (Phi) is 3.55. The van der Waals surface area contributed by atoms with Crippen molar-refractivity contribution in [2.24, 2.45) is 0 Å². The summed E-state index contributed by atoms with van der Waals surface area (Å²) < 4.78 is 0. The molecule has 3 nitrogen and oxygen atoms in total. The molecule has 1 aliphatic rings. The molecule has 0 spiro atoms. The first kappa shape index (κ1) is 14.1. The topological polar surface area (TPSA) is 47.0 Å². The number of hydrogen-bond donors (Lipinski definition) is 0. The van der Waals surface area contributed by atoms with Crippen LogP contribution >= 0.6 is 0 Å². The van der Waals surface area contributed by atoms with Crippen LogP contribution in [0.2, 0.25) is 0 Å². The Morgan fingerprint density at radius 1 is 1.05 bits per heavy atom. The van der Waals surface area contributed by atoms with E-state index in [9.17, 15) is 9.59 Å². The first-order valence-electron chi connectivity index (χ1n) is 7.07. The van der Waals surface area contributed by atoms with Gasteiger partial charge in [-0.3, -0.25) is 14.6 Å². The number of benzene rings is 1. The number of fused-ring (bicyclic) bond motifs is 1. The summed E-state index contributed by atoms with van der Waals surface area (Å²) in [5, 5.41) is 0. The molecule has 1 aromatic heterocycles. The zero-order valence-corrected chi connectivity index (χ0v) is 12.2. The highest BCUT2D eigenvalue weighted by Gasteiger charge is 2.40. The van der Waals surface area contributed by atoms with E-state index in [2.05, 4.69) is 11.6 Å². The Labute approximate surface area is 129 Å². The van der Waals surface area contributed by atoms with E-state index in [4.69, 9.17) is 0 Å². The van der Waals surface area contributed by atoms with E-state index in [-0.39, 0.29) is 11.6 Å². The molecule has 0 aliphatic heterocycles. The fourth-order valence-corrected chi connectivity index (χ4v) is 2.71. The molecule has 3 rings (SSSR count). The molecule has 0 amide bonds. The number of aryl methyl sites for hydroxylation is 1. The van der Waals surface area contributed by atoms with Gasteiger partial charge in [0.25, 0.3) is 0 Å². The molecule has 1 aliphatic carbocycles. The van der Waals surface area contributed by atoms with Gasteiger partial charge in [0.1, 0.15) is 5.92 Å². The fourth-order valence-electron chi connectivity index (χ4n) is 2.71. The summed E-state index contributed by atoms with van der Waals surface area (Å²) >= 11 is 0. The average Bonchev–Trinajstić information content (AvgIpc) is 2.78. The van der Waals surface area contributed by atoms with E-state index in [1.807, 2.05) is 25.1 Å². The molecule has 0 N–H and O–H groups in total. The van der Waals surface area contributed by atoms with Gasteiger partial charge in [0.05, 0.1) is 5.69 Å². The monoisotopic (exact) mass is 289 g/mol. The molecule has 0 unspecified atom stereocenters. The summed E-state index contributed by atoms with van der Waals surface area (Å²) in [5.41, 5.74) is 3.23. The number of nitrogens with zero attached hydrogens (tertiary/aromatic N) is 1. The van der Waals surface area contributed by atoms with Crippen molar-refractivity contribution in [2.75, 3.05) is 0 Å². The lowest BCUT2D eigenvalue weighted by Crippen LogP contribution is -2.15. The Morgan fingerprint density at radius 2 is 1.68 bits per heavy atom. The average molecular weight is 289 g/mol. The molecule has 22 heavy (non-hydrogen) atoms. The molecular weight excluding hydrogens is 274 g/mol. The van der Waals surface area contributed by atoms with Crippen molar-refractivity contribution < 1.29 is 9.59 Å². The molecule has 1 aromatic carbocycles. The fraction of sp³-hybridized carbons (Fsp3) is 0.105. The third kappa shape index (κ3) is 2.21. The molecule has 108 valence electrons. The maximum atomic E-state index is 12.5. The Hall–Kier alpha value is -2.81. The zero-order chi connectivity index (χ0) is 15.7. The number of allylic oxidation sites excluding steroid dienone is 2. The number of rotatable bonds is 3. The first-order chi connectivity index (χ1) is 10.6. The highest BCUT2D eigenvalue weighted by atomic mass is 16.2. The van der Waals surface area contributed by atoms with Gasteiger partial charge in [0, 0.05) is 16.8 Å². The number of carbonyl (C=O) groups excluding carboxylic acids is 2. The predicted molar refractivity (Wildman–Crippen MR) is 86.0 cm³/mol. The molecule has 0 saturated carbocycles. The lowest BCUT2D eigenvalue weighted by molar-refractivity contribution is 0.0888. The van der Waals surface area contributed by atoms with Crippen molar-refractivity contribution in [3.05, 3.63) is 83.2 Å². The molecule has 0 atom stereocenters. The van der Waals surface area contributed by atoms with Crippen molar-refractivity contribution in [3.8, 4) is 0 Å². The van der Waals surface area contributed by atoms with Crippen LogP contribution in [0.25, 0.3) is 6.08 Å². The lowest BCUT2D eigenvalue weighted by Gasteiger charge is -2.09. The van der Waals surface area contributed by atoms with Crippen LogP contribution < -0.4 is 0 Å². The Balaban J connectivity index is 2.01. The summed E-state index contributed by atoms with van der Waals surface area (Å²) in [7, 11) is 0. The van der Waals surface area contributed by atoms with Crippen LogP contribution in [0, 0.1) is 6.92 Å². The number of pyridine rings is 1. The molecular formula is C19H15NO2. The van der Waals surface area contributed by atoms with Gasteiger partial charge in [-0.15, -0.1) is 0 Å². The van der Waals surface area contributed by atoms with Crippen LogP contribution in [-0.2, 0) is 0 Å². The standard InChI is InChI=1S/C19H15NO2/c1-3-4-7-13-10-11-16(20-12(13)2)17-18(21)14-8-5-6-9-15(14)19(17)22/h3-11,17H,1H2,2H3/b7-4-. The molecule has 0 fully saturated rings. The van der Waals surface area contributed by atoms with E-state index < -0.39 is 5.92 Å². The van der Waals surface area contributed by atoms with Crippen LogP contribution in [-0.4, -0.2) is 16.6 Å². The number of hydrogen-bond acceptors (Lipinski definition) is 3. The van der Waals surface area contributed by atoms with Gasteiger partial charge in [-0.05, 0) is 18.6 Å². The summed E-state index contributed by atoms with van der Waals surface area (Å²) in [5.74, 6) is -1.14. The van der Waals surface area contributed by atoms with Crippen LogP contribution in [0.4, 0.5) is 0 Å². The molecule has 3 heteroatoms. The summed E-state index contributed by atoms with van der Waals surface area (Å²) in [6.07, 6.45) is 5.41. The van der Waals surface area contributed by atoms with Crippen molar-refractivity contribution in [3.63, 3.8) is 0 Å². The zero-order valence-electron chi connectivity index (χ0n) is 12.2. The predicted octanol–water partition coefficient (Wildman–Crippen LogP) is 3.75. The lowest BCUT2D eigenvalue weighted by atomic mass is 9.98. The van der Waals surface area contributed by atoms with Gasteiger partial charge < -0.3 is 0 Å². The van der Waals surface area contributed by atoms with Gasteiger partial charge in [-0.1, -0.05) is 55.1 Å².